The number of carboxylic acid groups (broad SMARTS) is 4. The van der Waals surface area contributed by atoms with Gasteiger partial charge >= 0.3 is 23.9 Å². The molecule has 0 aromatic rings. The number of hydrogen-bond acceptors (Lipinski definition) is 12. The highest BCUT2D eigenvalue weighted by Crippen LogP contribution is 2.19. The van der Waals surface area contributed by atoms with Crippen molar-refractivity contribution in [3.63, 3.8) is 0 Å². The number of likely N-dealkylation sites (tertiary alicyclic amines) is 1. The maximum Gasteiger partial charge on any atom is 0.326 e. The summed E-state index contributed by atoms with van der Waals surface area (Å²) in [5.74, 6) is -11.5. The Hall–Kier alpha value is -4.89. The third-order valence-corrected chi connectivity index (χ3v) is 6.46. The predicted octanol–water partition coefficient (Wildman–Crippen LogP) is -5.87. The normalized spacial score (nSPS) is 17.5. The molecule has 252 valence electrons. The van der Waals surface area contributed by atoms with E-state index < -0.39 is 129 Å². The van der Waals surface area contributed by atoms with Gasteiger partial charge < -0.3 is 62.5 Å². The number of nitrogens with two attached hydrogens (primary N) is 1. The lowest BCUT2D eigenvalue weighted by Crippen LogP contribution is -2.60. The molecule has 21 nitrogen and oxygen atoms in total. The van der Waals surface area contributed by atoms with Crippen LogP contribution in [-0.4, -0.2) is 145 Å². The van der Waals surface area contributed by atoms with Crippen LogP contribution >= 0.6 is 0 Å². The van der Waals surface area contributed by atoms with Crippen LogP contribution in [0.1, 0.15) is 38.5 Å². The summed E-state index contributed by atoms with van der Waals surface area (Å²) >= 11 is 0. The molecule has 12 N–H and O–H groups in total. The van der Waals surface area contributed by atoms with Gasteiger partial charge in [0.15, 0.2) is 0 Å². The minimum absolute atomic E-state index is 0.0374. The first-order valence-electron chi connectivity index (χ1n) is 13.4. The number of rotatable bonds is 19. The van der Waals surface area contributed by atoms with Gasteiger partial charge in [0, 0.05) is 13.0 Å². The molecule has 5 amide bonds. The zero-order valence-corrected chi connectivity index (χ0v) is 23.7. The minimum Gasteiger partial charge on any atom is -0.481 e. The fraction of sp³-hybridized carbons (Fsp3) is 0.625. The number of carbonyl (C=O) groups excluding carboxylic acids is 5. The average molecular weight is 649 g/mol. The van der Waals surface area contributed by atoms with E-state index in [1.54, 1.807) is 0 Å². The summed E-state index contributed by atoms with van der Waals surface area (Å²) in [5, 5.41) is 63.3. The second kappa shape index (κ2) is 18.0. The van der Waals surface area contributed by atoms with Crippen molar-refractivity contribution in [1.82, 2.24) is 26.2 Å². The highest BCUT2D eigenvalue weighted by atomic mass is 16.4. The van der Waals surface area contributed by atoms with E-state index in [1.807, 2.05) is 10.6 Å². The van der Waals surface area contributed by atoms with Gasteiger partial charge in [-0.05, 0) is 19.3 Å². The second-order valence-corrected chi connectivity index (χ2v) is 9.87. The summed E-state index contributed by atoms with van der Waals surface area (Å²) in [6.07, 6.45) is -2.71. The van der Waals surface area contributed by atoms with Crippen LogP contribution in [0.4, 0.5) is 0 Å². The van der Waals surface area contributed by atoms with E-state index in [4.69, 9.17) is 26.2 Å². The lowest BCUT2D eigenvalue weighted by Gasteiger charge is -2.29. The molecule has 0 spiro atoms. The number of amides is 5. The number of carbonyl (C=O) groups is 9. The van der Waals surface area contributed by atoms with Gasteiger partial charge in [-0.2, -0.15) is 0 Å². The summed E-state index contributed by atoms with van der Waals surface area (Å²) in [5.41, 5.74) is 5.47. The van der Waals surface area contributed by atoms with Crippen molar-refractivity contribution in [3.8, 4) is 0 Å². The fourth-order valence-electron chi connectivity index (χ4n) is 4.17. The molecule has 0 aromatic carbocycles. The van der Waals surface area contributed by atoms with E-state index in [-0.39, 0.29) is 19.4 Å². The first-order valence-corrected chi connectivity index (χ1v) is 13.4. The van der Waals surface area contributed by atoms with Gasteiger partial charge in [-0.25, -0.2) is 4.79 Å². The highest BCUT2D eigenvalue weighted by Gasteiger charge is 2.39. The van der Waals surface area contributed by atoms with Gasteiger partial charge in [0.25, 0.3) is 0 Å². The van der Waals surface area contributed by atoms with Crippen molar-refractivity contribution in [2.75, 3.05) is 19.8 Å². The molecule has 6 atom stereocenters. The molecule has 0 bridgehead atoms. The zero-order valence-electron chi connectivity index (χ0n) is 23.7. The lowest BCUT2D eigenvalue weighted by atomic mass is 10.1. The SMILES string of the molecule is N[C@@H](CC(=O)O)C(=O)N[C@@H](CO)C(=O)N1CCC[C@H]1C(=O)N[C@@H](CCC(=O)O)C(=O)N[C@@H](CO)C(=O)N[C@@H](CC(=O)O)C(=O)O. The summed E-state index contributed by atoms with van der Waals surface area (Å²) in [6, 6.07) is -9.87. The number of nitrogens with one attached hydrogen (secondary N) is 4. The molecule has 1 rings (SSSR count). The molecule has 1 aliphatic rings. The van der Waals surface area contributed by atoms with Gasteiger partial charge in [0.1, 0.15) is 30.2 Å². The van der Waals surface area contributed by atoms with Crippen molar-refractivity contribution >= 4 is 53.4 Å². The van der Waals surface area contributed by atoms with Crippen molar-refractivity contribution in [2.24, 2.45) is 5.73 Å². The molecule has 0 aliphatic carbocycles. The molecule has 1 fully saturated rings. The monoisotopic (exact) mass is 648 g/mol. The summed E-state index contributed by atoms with van der Waals surface area (Å²) in [6.45, 7) is -2.09. The van der Waals surface area contributed by atoms with E-state index in [9.17, 15) is 53.4 Å². The van der Waals surface area contributed by atoms with Gasteiger partial charge in [0.2, 0.25) is 29.5 Å². The fourth-order valence-corrected chi connectivity index (χ4v) is 4.17. The third-order valence-electron chi connectivity index (χ3n) is 6.46. The molecular formula is C24H36N6O15. The second-order valence-electron chi connectivity index (χ2n) is 9.87. The molecule has 0 saturated carbocycles. The Morgan fingerprint density at radius 3 is 1.73 bits per heavy atom. The first-order chi connectivity index (χ1) is 21.0. The minimum atomic E-state index is -1.92. The molecule has 21 heteroatoms. The van der Waals surface area contributed by atoms with Crippen molar-refractivity contribution in [2.45, 2.75) is 74.8 Å². The van der Waals surface area contributed by atoms with Crippen LogP contribution in [0.5, 0.6) is 0 Å². The smallest absolute Gasteiger partial charge is 0.326 e. The Kier molecular flexibility index (Phi) is 15.3. The summed E-state index contributed by atoms with van der Waals surface area (Å²) < 4.78 is 0. The van der Waals surface area contributed by atoms with Crippen LogP contribution in [0.3, 0.4) is 0 Å². The average Bonchev–Trinajstić information content (AvgIpc) is 3.45. The van der Waals surface area contributed by atoms with E-state index in [2.05, 4.69) is 10.6 Å². The predicted molar refractivity (Wildman–Crippen MR) is 144 cm³/mol. The van der Waals surface area contributed by atoms with Crippen molar-refractivity contribution in [3.05, 3.63) is 0 Å². The molecule has 1 aliphatic heterocycles. The number of aliphatic hydroxyl groups is 2. The van der Waals surface area contributed by atoms with Crippen LogP contribution in [-0.2, 0) is 43.2 Å². The van der Waals surface area contributed by atoms with Crippen LogP contribution in [0, 0.1) is 0 Å². The first kappa shape index (κ1) is 38.1. The van der Waals surface area contributed by atoms with Crippen molar-refractivity contribution < 1.29 is 73.8 Å². The number of carboxylic acids is 4. The molecule has 1 heterocycles. The number of nitrogens with zero attached hydrogens (tertiary/aromatic N) is 1. The topological polar surface area (TPSA) is 352 Å². The van der Waals surface area contributed by atoms with E-state index in [0.29, 0.717) is 0 Å². The Balaban J connectivity index is 3.06. The maximum atomic E-state index is 13.2. The zero-order chi connectivity index (χ0) is 34.4. The molecule has 0 unspecified atom stereocenters. The summed E-state index contributed by atoms with van der Waals surface area (Å²) in [7, 11) is 0. The molecule has 0 aromatic heterocycles. The number of hydrogen-bond donors (Lipinski definition) is 11. The lowest BCUT2D eigenvalue weighted by molar-refractivity contribution is -0.147. The Labute approximate surface area is 254 Å². The van der Waals surface area contributed by atoms with E-state index >= 15 is 0 Å². The van der Waals surface area contributed by atoms with Gasteiger partial charge in [-0.15, -0.1) is 0 Å². The Morgan fingerprint density at radius 2 is 1.22 bits per heavy atom. The number of aliphatic hydroxyl groups excluding tert-OH is 2. The van der Waals surface area contributed by atoms with Crippen LogP contribution in [0.2, 0.25) is 0 Å². The van der Waals surface area contributed by atoms with Gasteiger partial charge in [0.05, 0.1) is 32.1 Å². The molecular weight excluding hydrogens is 612 g/mol. The quantitative estimate of drug-likeness (QED) is 0.0621. The van der Waals surface area contributed by atoms with E-state index in [0.717, 1.165) is 4.90 Å². The maximum absolute atomic E-state index is 13.2. The van der Waals surface area contributed by atoms with Gasteiger partial charge in [-0.1, -0.05) is 0 Å². The number of aliphatic carboxylic acids is 4. The van der Waals surface area contributed by atoms with Crippen LogP contribution < -0.4 is 27.0 Å². The Bertz CT molecular complexity index is 1160. The largest absolute Gasteiger partial charge is 0.481 e. The highest BCUT2D eigenvalue weighted by molar-refractivity contribution is 5.97. The molecule has 45 heavy (non-hydrogen) atoms. The molecule has 1 saturated heterocycles. The molecule has 0 radical (unpaired) electrons. The van der Waals surface area contributed by atoms with E-state index in [1.165, 1.54) is 0 Å². The third kappa shape index (κ3) is 12.3. The standard InChI is InChI=1S/C24H36N6O15/c25-10(6-17(35)36)19(39)29-14(9-32)23(43)30-5-1-2-15(30)22(42)26-11(3-4-16(33)34)20(40)28-13(8-31)21(41)27-12(24(44)45)7-18(37)38/h10-15,31-32H,1-9,25H2,(H,26,42)(H,27,41)(H,28,40)(H,29,39)(H,33,34)(H,35,36)(H,37,38)(H,44,45)/t10-,11-,12-,13-,14-,15-/m0/s1. The summed E-state index contributed by atoms with van der Waals surface area (Å²) in [4.78, 5) is 109. The van der Waals surface area contributed by atoms with Crippen LogP contribution in [0.25, 0.3) is 0 Å². The van der Waals surface area contributed by atoms with Gasteiger partial charge in [-0.3, -0.25) is 38.4 Å². The van der Waals surface area contributed by atoms with Crippen LogP contribution in [0.15, 0.2) is 0 Å². The van der Waals surface area contributed by atoms with Crippen molar-refractivity contribution in [1.29, 1.82) is 0 Å². The Morgan fingerprint density at radius 1 is 0.689 bits per heavy atom.